The van der Waals surface area contributed by atoms with E-state index in [1.54, 1.807) is 24.3 Å². The van der Waals surface area contributed by atoms with Crippen LogP contribution < -0.4 is 5.73 Å². The quantitative estimate of drug-likeness (QED) is 0.402. The molecule has 0 aliphatic rings. The van der Waals surface area contributed by atoms with Crippen LogP contribution in [0, 0.1) is 0 Å². The number of nitrogens with two attached hydrogens (primary N) is 1. The number of nitrogen functional groups attached to an aromatic ring is 1. The van der Waals surface area contributed by atoms with Gasteiger partial charge in [-0.15, -0.1) is 0 Å². The monoisotopic (exact) mass is 274 g/mol. The van der Waals surface area contributed by atoms with E-state index in [1.165, 1.54) is 12.1 Å². The number of hydrogen-bond donors (Lipinski definition) is 1. The summed E-state index contributed by atoms with van der Waals surface area (Å²) in [6.45, 7) is 3.28. The molecule has 2 N–H and O–H groups in total. The molecule has 0 aliphatic heterocycles. The number of nitrogens with zero attached hydrogens (tertiary/aromatic N) is 3. The first-order chi connectivity index (χ1) is 8.98. The lowest BCUT2D eigenvalue weighted by Gasteiger charge is -2.09. The molecule has 0 aromatic heterocycles. The van der Waals surface area contributed by atoms with Crippen molar-refractivity contribution >= 4 is 26.3 Å². The first-order valence-electron chi connectivity index (χ1n) is 5.25. The van der Waals surface area contributed by atoms with Gasteiger partial charge in [0.15, 0.2) is 0 Å². The molecule has 2 rings (SSSR count). The Morgan fingerprint density at radius 1 is 1.21 bits per heavy atom. The van der Waals surface area contributed by atoms with E-state index in [4.69, 9.17) is 11.3 Å². The minimum Gasteiger partial charge on any atom is -0.398 e. The highest BCUT2D eigenvalue weighted by Crippen LogP contribution is 2.30. The normalized spacial score (nSPS) is 10.9. The summed E-state index contributed by atoms with van der Waals surface area (Å²) in [6.07, 6.45) is 0. The summed E-state index contributed by atoms with van der Waals surface area (Å²) in [6, 6.07) is 9.71. The van der Waals surface area contributed by atoms with E-state index in [-0.39, 0.29) is 4.90 Å². The Balaban J connectivity index is 2.81. The molecule has 6 nitrogen and oxygen atoms in total. The molecule has 7 heteroatoms. The van der Waals surface area contributed by atoms with Crippen LogP contribution in [-0.4, -0.2) is 8.42 Å². The van der Waals surface area contributed by atoms with Crippen molar-refractivity contribution in [3.8, 4) is 0 Å². The van der Waals surface area contributed by atoms with Crippen LogP contribution in [0.15, 0.2) is 58.0 Å². The van der Waals surface area contributed by atoms with Crippen molar-refractivity contribution in [1.82, 2.24) is 0 Å². The van der Waals surface area contributed by atoms with Gasteiger partial charge in [-0.05, 0) is 22.8 Å². The number of hydrogen-bond acceptors (Lipinski definition) is 4. The molecule has 0 heterocycles. The average molecular weight is 274 g/mol. The van der Waals surface area contributed by atoms with Crippen LogP contribution in [0.25, 0.3) is 21.2 Å². The molecule has 0 bridgehead atoms. The first-order valence-corrected chi connectivity index (χ1v) is 6.73. The maximum absolute atomic E-state index is 12.2. The lowest BCUT2D eigenvalue weighted by atomic mass is 10.1. The Morgan fingerprint density at radius 2 is 1.84 bits per heavy atom. The van der Waals surface area contributed by atoms with E-state index < -0.39 is 14.9 Å². The van der Waals surface area contributed by atoms with Gasteiger partial charge < -0.3 is 5.73 Å². The highest BCUT2D eigenvalue weighted by molar-refractivity contribution is 7.95. The zero-order valence-corrected chi connectivity index (χ0v) is 10.6. The number of rotatable bonds is 3. The van der Waals surface area contributed by atoms with Crippen LogP contribution in [0.4, 0.5) is 5.69 Å². The van der Waals surface area contributed by atoms with Gasteiger partial charge in [0.2, 0.25) is 9.84 Å². The fraction of sp³-hybridized carbons (Fsp3) is 0. The molecule has 0 unspecified atom stereocenters. The second-order valence-corrected chi connectivity index (χ2v) is 5.70. The summed E-state index contributed by atoms with van der Waals surface area (Å²) in [5, 5.41) is 3.62. The zero-order chi connectivity index (χ0) is 14.0. The molecule has 0 saturated heterocycles. The molecule has 0 radical (unpaired) electrons. The number of fused-ring (bicyclic) bond motifs is 1. The Hall–Kier alpha value is -2.50. The first kappa shape index (κ1) is 12.9. The third-order valence-corrected chi connectivity index (χ3v) is 4.31. The molecule has 0 amide bonds. The van der Waals surface area contributed by atoms with Crippen molar-refractivity contribution in [1.29, 1.82) is 0 Å². The predicted molar refractivity (Wildman–Crippen MR) is 73.8 cm³/mol. The molecule has 0 atom stereocenters. The Kier molecular flexibility index (Phi) is 3.16. The van der Waals surface area contributed by atoms with Gasteiger partial charge in [-0.2, -0.15) is 0 Å². The SMILES string of the molecule is C=C(N=[N+]=[N-])S(=O)(=O)c1ccc(N)c2ccccc12. The van der Waals surface area contributed by atoms with E-state index >= 15 is 0 Å². The molecular formula is C12H10N4O2S. The number of anilines is 1. The van der Waals surface area contributed by atoms with Gasteiger partial charge in [0, 0.05) is 21.4 Å². The lowest BCUT2D eigenvalue weighted by molar-refractivity contribution is 0.602. The van der Waals surface area contributed by atoms with Crippen molar-refractivity contribution in [2.45, 2.75) is 4.90 Å². The topological polar surface area (TPSA) is 109 Å². The summed E-state index contributed by atoms with van der Waals surface area (Å²) >= 11 is 0. The standard InChI is InChI=1S/C12H10N4O2S/c1-8(15-16-14)19(17,18)12-7-6-11(13)9-4-2-3-5-10(9)12/h2-7H,1,13H2. The smallest absolute Gasteiger partial charge is 0.209 e. The summed E-state index contributed by atoms with van der Waals surface area (Å²) in [5.41, 5.74) is 14.6. The maximum Gasteiger partial charge on any atom is 0.209 e. The third kappa shape index (κ3) is 2.12. The fourth-order valence-corrected chi connectivity index (χ4v) is 2.87. The highest BCUT2D eigenvalue weighted by Gasteiger charge is 2.21. The molecule has 2 aromatic rings. The van der Waals surface area contributed by atoms with Crippen molar-refractivity contribution in [3.05, 3.63) is 58.4 Å². The largest absolute Gasteiger partial charge is 0.398 e. The van der Waals surface area contributed by atoms with E-state index in [1.807, 2.05) is 0 Å². The minimum absolute atomic E-state index is 0.0229. The second-order valence-electron chi connectivity index (χ2n) is 3.79. The van der Waals surface area contributed by atoms with Gasteiger partial charge >= 0.3 is 0 Å². The summed E-state index contributed by atoms with van der Waals surface area (Å²) < 4.78 is 24.5. The highest BCUT2D eigenvalue weighted by atomic mass is 32.2. The molecule has 0 fully saturated rings. The van der Waals surface area contributed by atoms with Gasteiger partial charge in [0.25, 0.3) is 0 Å². The Bertz CT molecular complexity index is 821. The molecule has 0 saturated carbocycles. The summed E-state index contributed by atoms with van der Waals surface area (Å²) in [4.78, 5) is 2.47. The van der Waals surface area contributed by atoms with E-state index in [2.05, 4.69) is 16.6 Å². The number of benzene rings is 2. The van der Waals surface area contributed by atoms with Crippen LogP contribution in [0.2, 0.25) is 0 Å². The molecule has 0 aliphatic carbocycles. The Morgan fingerprint density at radius 3 is 2.47 bits per heavy atom. The van der Waals surface area contributed by atoms with Crippen molar-refractivity contribution in [2.24, 2.45) is 5.11 Å². The lowest BCUT2D eigenvalue weighted by Crippen LogP contribution is -2.03. The molecule has 2 aromatic carbocycles. The van der Waals surface area contributed by atoms with E-state index in [0.29, 0.717) is 16.5 Å². The summed E-state index contributed by atoms with van der Waals surface area (Å²) in [7, 11) is -3.91. The van der Waals surface area contributed by atoms with E-state index in [9.17, 15) is 8.42 Å². The van der Waals surface area contributed by atoms with Gasteiger partial charge in [-0.1, -0.05) is 30.8 Å². The number of sulfone groups is 1. The third-order valence-electron chi connectivity index (χ3n) is 2.67. The van der Waals surface area contributed by atoms with Gasteiger partial charge in [-0.3, -0.25) is 0 Å². The molecular weight excluding hydrogens is 264 g/mol. The molecule has 96 valence electrons. The van der Waals surface area contributed by atoms with E-state index in [0.717, 1.165) is 0 Å². The fourth-order valence-electron chi connectivity index (χ4n) is 1.76. The molecule has 19 heavy (non-hydrogen) atoms. The predicted octanol–water partition coefficient (Wildman–Crippen LogP) is 2.98. The second kappa shape index (κ2) is 4.64. The van der Waals surface area contributed by atoms with Crippen LogP contribution in [0.1, 0.15) is 0 Å². The van der Waals surface area contributed by atoms with Crippen molar-refractivity contribution in [3.63, 3.8) is 0 Å². The van der Waals surface area contributed by atoms with Crippen LogP contribution in [0.3, 0.4) is 0 Å². The van der Waals surface area contributed by atoms with Crippen LogP contribution >= 0.6 is 0 Å². The molecule has 0 spiro atoms. The van der Waals surface area contributed by atoms with Crippen LogP contribution in [-0.2, 0) is 9.84 Å². The van der Waals surface area contributed by atoms with Crippen molar-refractivity contribution in [2.75, 3.05) is 5.73 Å². The van der Waals surface area contributed by atoms with Crippen LogP contribution in [0.5, 0.6) is 0 Å². The summed E-state index contributed by atoms with van der Waals surface area (Å²) in [5.74, 6) is 0. The van der Waals surface area contributed by atoms with Gasteiger partial charge in [0.05, 0.1) is 4.90 Å². The van der Waals surface area contributed by atoms with Gasteiger partial charge in [-0.25, -0.2) is 8.42 Å². The minimum atomic E-state index is -3.91. The van der Waals surface area contributed by atoms with Gasteiger partial charge in [0.1, 0.15) is 5.03 Å². The Labute approximate surface area is 109 Å². The van der Waals surface area contributed by atoms with Crippen molar-refractivity contribution < 1.29 is 8.42 Å². The average Bonchev–Trinajstić information content (AvgIpc) is 2.39. The maximum atomic E-state index is 12.2. The zero-order valence-electron chi connectivity index (χ0n) is 9.81. The number of azide groups is 1.